The van der Waals surface area contributed by atoms with E-state index in [1.54, 1.807) is 6.20 Å². The number of hydrogen-bond acceptors (Lipinski definition) is 3. The van der Waals surface area contributed by atoms with Gasteiger partial charge in [0.1, 0.15) is 11.5 Å². The summed E-state index contributed by atoms with van der Waals surface area (Å²) in [6, 6.07) is 9.93. The Balaban J connectivity index is 2.18. The van der Waals surface area contributed by atoms with Crippen molar-refractivity contribution in [3.8, 4) is 11.5 Å². The lowest BCUT2D eigenvalue weighted by molar-refractivity contribution is 0.413. The number of nitrogens with zero attached hydrogens (tertiary/aromatic N) is 1. The topological polar surface area (TPSA) is 34.1 Å². The molecule has 1 heterocycles. The molecule has 20 heavy (non-hydrogen) atoms. The Morgan fingerprint density at radius 1 is 1.10 bits per heavy atom. The molecule has 0 unspecified atom stereocenters. The molecule has 0 spiro atoms. The lowest BCUT2D eigenvalue weighted by Crippen LogP contribution is -2.35. The molecule has 2 aromatic rings. The standard InChI is InChI=1S/C17H22N2O/c1-13-7-5-6-8-15(13)20-16-9-10-18-11-14(16)12-19-17(2,3)4/h5-11,19H,12H2,1-4H3. The lowest BCUT2D eigenvalue weighted by atomic mass is 10.1. The summed E-state index contributed by atoms with van der Waals surface area (Å²) in [5, 5.41) is 3.46. The highest BCUT2D eigenvalue weighted by molar-refractivity contribution is 5.39. The van der Waals surface area contributed by atoms with Crippen LogP contribution in [0.15, 0.2) is 42.7 Å². The summed E-state index contributed by atoms with van der Waals surface area (Å²) in [7, 11) is 0. The fourth-order valence-electron chi connectivity index (χ4n) is 1.80. The Bertz CT molecular complexity index is 573. The highest BCUT2D eigenvalue weighted by Gasteiger charge is 2.12. The van der Waals surface area contributed by atoms with Crippen LogP contribution in [0.3, 0.4) is 0 Å². The molecule has 0 radical (unpaired) electrons. The summed E-state index contributed by atoms with van der Waals surface area (Å²) in [6.07, 6.45) is 3.61. The average Bonchev–Trinajstić information content (AvgIpc) is 2.39. The Labute approximate surface area is 121 Å². The van der Waals surface area contributed by atoms with Gasteiger partial charge < -0.3 is 10.1 Å². The predicted octanol–water partition coefficient (Wildman–Crippen LogP) is 4.07. The zero-order valence-electron chi connectivity index (χ0n) is 12.6. The predicted molar refractivity (Wildman–Crippen MR) is 82.1 cm³/mol. The monoisotopic (exact) mass is 270 g/mol. The van der Waals surface area contributed by atoms with Crippen LogP contribution in [0.2, 0.25) is 0 Å². The molecule has 3 nitrogen and oxygen atoms in total. The Morgan fingerprint density at radius 2 is 1.85 bits per heavy atom. The highest BCUT2D eigenvalue weighted by atomic mass is 16.5. The Kier molecular flexibility index (Phi) is 4.40. The Morgan fingerprint density at radius 3 is 2.55 bits per heavy atom. The van der Waals surface area contributed by atoms with Crippen LogP contribution in [0.4, 0.5) is 0 Å². The van der Waals surface area contributed by atoms with E-state index in [9.17, 15) is 0 Å². The number of rotatable bonds is 4. The molecule has 0 bridgehead atoms. The second-order valence-electron chi connectivity index (χ2n) is 5.95. The summed E-state index contributed by atoms with van der Waals surface area (Å²) in [6.45, 7) is 9.21. The van der Waals surface area contributed by atoms with Crippen LogP contribution >= 0.6 is 0 Å². The van der Waals surface area contributed by atoms with Gasteiger partial charge in [0.05, 0.1) is 0 Å². The van der Waals surface area contributed by atoms with Crippen LogP contribution in [0.25, 0.3) is 0 Å². The van der Waals surface area contributed by atoms with Gasteiger partial charge in [0.15, 0.2) is 0 Å². The molecule has 3 heteroatoms. The van der Waals surface area contributed by atoms with Crippen molar-refractivity contribution in [1.29, 1.82) is 0 Å². The minimum atomic E-state index is 0.0653. The van der Waals surface area contributed by atoms with Gasteiger partial charge in [-0.3, -0.25) is 4.98 Å². The van der Waals surface area contributed by atoms with Crippen LogP contribution in [0.5, 0.6) is 11.5 Å². The third-order valence-electron chi connectivity index (χ3n) is 2.98. The molecule has 0 saturated heterocycles. The van der Waals surface area contributed by atoms with E-state index >= 15 is 0 Å². The number of nitrogens with one attached hydrogen (secondary N) is 1. The molecule has 0 aliphatic rings. The molecule has 0 aliphatic heterocycles. The van der Waals surface area contributed by atoms with Gasteiger partial charge in [-0.2, -0.15) is 0 Å². The number of benzene rings is 1. The van der Waals surface area contributed by atoms with Gasteiger partial charge in [0.2, 0.25) is 0 Å². The molecule has 0 aliphatic carbocycles. The average molecular weight is 270 g/mol. The van der Waals surface area contributed by atoms with Crippen molar-refractivity contribution < 1.29 is 4.74 Å². The quantitative estimate of drug-likeness (QED) is 0.909. The van der Waals surface area contributed by atoms with Crippen LogP contribution in [-0.4, -0.2) is 10.5 Å². The normalized spacial score (nSPS) is 11.4. The maximum Gasteiger partial charge on any atom is 0.135 e. The minimum Gasteiger partial charge on any atom is -0.457 e. The molecule has 106 valence electrons. The van der Waals surface area contributed by atoms with Gasteiger partial charge in [-0.1, -0.05) is 18.2 Å². The molecule has 0 fully saturated rings. The van der Waals surface area contributed by atoms with E-state index in [1.165, 1.54) is 0 Å². The fourth-order valence-corrected chi connectivity index (χ4v) is 1.80. The molecular weight excluding hydrogens is 248 g/mol. The number of aromatic nitrogens is 1. The van der Waals surface area contributed by atoms with Gasteiger partial charge in [-0.15, -0.1) is 0 Å². The molecular formula is C17H22N2O. The summed E-state index contributed by atoms with van der Waals surface area (Å²) in [5.41, 5.74) is 2.25. The maximum atomic E-state index is 6.03. The molecule has 1 N–H and O–H groups in total. The van der Waals surface area contributed by atoms with Gasteiger partial charge >= 0.3 is 0 Å². The van der Waals surface area contributed by atoms with E-state index in [1.807, 2.05) is 43.5 Å². The SMILES string of the molecule is Cc1ccccc1Oc1ccncc1CNC(C)(C)C. The van der Waals surface area contributed by atoms with Crippen LogP contribution in [0, 0.1) is 6.92 Å². The first-order valence-corrected chi connectivity index (χ1v) is 6.87. The first-order chi connectivity index (χ1) is 9.46. The van der Waals surface area contributed by atoms with Crippen LogP contribution in [-0.2, 0) is 6.54 Å². The third-order valence-corrected chi connectivity index (χ3v) is 2.98. The van der Waals surface area contributed by atoms with E-state index in [0.29, 0.717) is 0 Å². The minimum absolute atomic E-state index is 0.0653. The van der Waals surface area contributed by atoms with Gasteiger partial charge in [0.25, 0.3) is 0 Å². The molecule has 1 aromatic carbocycles. The summed E-state index contributed by atoms with van der Waals surface area (Å²) in [4.78, 5) is 4.19. The van der Waals surface area contributed by atoms with Gasteiger partial charge in [0, 0.05) is 30.0 Å². The number of ether oxygens (including phenoxy) is 1. The van der Waals surface area contributed by atoms with Gasteiger partial charge in [-0.25, -0.2) is 0 Å². The molecule has 0 saturated carbocycles. The highest BCUT2D eigenvalue weighted by Crippen LogP contribution is 2.27. The van der Waals surface area contributed by atoms with E-state index in [4.69, 9.17) is 4.74 Å². The first-order valence-electron chi connectivity index (χ1n) is 6.87. The molecule has 2 rings (SSSR count). The van der Waals surface area contributed by atoms with E-state index in [0.717, 1.165) is 29.2 Å². The maximum absolute atomic E-state index is 6.03. The molecule has 0 amide bonds. The number of hydrogen-bond donors (Lipinski definition) is 1. The third kappa shape index (κ3) is 4.07. The van der Waals surface area contributed by atoms with E-state index in [-0.39, 0.29) is 5.54 Å². The van der Waals surface area contributed by atoms with Crippen molar-refractivity contribution in [2.75, 3.05) is 0 Å². The largest absolute Gasteiger partial charge is 0.457 e. The van der Waals surface area contributed by atoms with Crippen molar-refractivity contribution in [1.82, 2.24) is 10.3 Å². The number of pyridine rings is 1. The van der Waals surface area contributed by atoms with Crippen molar-refractivity contribution >= 4 is 0 Å². The van der Waals surface area contributed by atoms with Gasteiger partial charge in [-0.05, 0) is 45.4 Å². The Hall–Kier alpha value is -1.87. The van der Waals surface area contributed by atoms with Crippen molar-refractivity contribution in [2.24, 2.45) is 0 Å². The molecule has 1 aromatic heterocycles. The number of para-hydroxylation sites is 1. The van der Waals surface area contributed by atoms with E-state index < -0.39 is 0 Å². The molecule has 0 atom stereocenters. The van der Waals surface area contributed by atoms with Crippen LogP contribution < -0.4 is 10.1 Å². The van der Waals surface area contributed by atoms with Crippen molar-refractivity contribution in [3.05, 3.63) is 53.9 Å². The summed E-state index contributed by atoms with van der Waals surface area (Å²) >= 11 is 0. The smallest absolute Gasteiger partial charge is 0.135 e. The lowest BCUT2D eigenvalue weighted by Gasteiger charge is -2.21. The van der Waals surface area contributed by atoms with Crippen molar-refractivity contribution in [3.63, 3.8) is 0 Å². The van der Waals surface area contributed by atoms with Crippen LogP contribution in [0.1, 0.15) is 31.9 Å². The first kappa shape index (κ1) is 14.5. The zero-order valence-corrected chi connectivity index (χ0v) is 12.6. The second-order valence-corrected chi connectivity index (χ2v) is 5.95. The fraction of sp³-hybridized carbons (Fsp3) is 0.353. The second kappa shape index (κ2) is 6.06. The zero-order chi connectivity index (χ0) is 14.6. The summed E-state index contributed by atoms with van der Waals surface area (Å²) < 4.78 is 6.03. The van der Waals surface area contributed by atoms with Crippen molar-refractivity contribution in [2.45, 2.75) is 39.8 Å². The van der Waals surface area contributed by atoms with E-state index in [2.05, 4.69) is 31.1 Å². The number of aryl methyl sites for hydroxylation is 1. The summed E-state index contributed by atoms with van der Waals surface area (Å²) in [5.74, 6) is 1.74.